The molecule has 2 aromatic heterocycles. The number of para-hydroxylation sites is 3. The van der Waals surface area contributed by atoms with Gasteiger partial charge < -0.3 is 9.13 Å². The SMILES string of the molecule is Cc1ccc(-n2c3c(c4ccccc42)=CC(n2c4ccccc4c4ccccc42)CC=3)cc1. The third kappa shape index (κ3) is 2.67. The fourth-order valence-electron chi connectivity index (χ4n) is 5.62. The Labute approximate surface area is 192 Å². The maximum absolute atomic E-state index is 2.53. The number of nitrogens with zero attached hydrogens (tertiary/aromatic N) is 2. The van der Waals surface area contributed by atoms with Gasteiger partial charge in [0.25, 0.3) is 0 Å². The molecule has 2 heteroatoms. The number of hydrogen-bond acceptors (Lipinski definition) is 0. The molecule has 0 N–H and O–H groups in total. The predicted octanol–water partition coefficient (Wildman–Crippen LogP) is 6.25. The number of aromatic nitrogens is 2. The summed E-state index contributed by atoms with van der Waals surface area (Å²) in [6.45, 7) is 2.14. The van der Waals surface area contributed by atoms with E-state index in [0.717, 1.165) is 6.42 Å². The van der Waals surface area contributed by atoms with E-state index in [4.69, 9.17) is 0 Å². The second-order valence-electron chi connectivity index (χ2n) is 9.07. The highest BCUT2D eigenvalue weighted by molar-refractivity contribution is 6.08. The van der Waals surface area contributed by atoms with Gasteiger partial charge in [-0.25, -0.2) is 0 Å². The summed E-state index contributed by atoms with van der Waals surface area (Å²) in [7, 11) is 0. The first-order chi connectivity index (χ1) is 16.3. The molecule has 0 aliphatic heterocycles. The van der Waals surface area contributed by atoms with E-state index < -0.39 is 0 Å². The van der Waals surface area contributed by atoms with Crippen LogP contribution in [0.1, 0.15) is 18.0 Å². The molecule has 0 radical (unpaired) electrons. The number of rotatable bonds is 2. The summed E-state index contributed by atoms with van der Waals surface area (Å²) in [5.41, 5.74) is 6.38. The molecule has 0 bridgehead atoms. The van der Waals surface area contributed by atoms with Crippen LogP contribution in [0.15, 0.2) is 97.1 Å². The molecule has 0 amide bonds. The lowest BCUT2D eigenvalue weighted by Crippen LogP contribution is -2.32. The second-order valence-corrected chi connectivity index (χ2v) is 9.07. The summed E-state index contributed by atoms with van der Waals surface area (Å²) in [5.74, 6) is 0. The zero-order chi connectivity index (χ0) is 21.9. The molecule has 2 heterocycles. The summed E-state index contributed by atoms with van der Waals surface area (Å²) in [4.78, 5) is 0. The van der Waals surface area contributed by atoms with Gasteiger partial charge in [0.1, 0.15) is 0 Å². The molecule has 1 unspecified atom stereocenters. The van der Waals surface area contributed by atoms with E-state index in [1.54, 1.807) is 0 Å². The second kappa shape index (κ2) is 6.98. The average molecular weight is 425 g/mol. The quantitative estimate of drug-likeness (QED) is 0.311. The Bertz CT molecular complexity index is 1740. The van der Waals surface area contributed by atoms with Crippen molar-refractivity contribution in [2.75, 3.05) is 0 Å². The summed E-state index contributed by atoms with van der Waals surface area (Å²) < 4.78 is 4.95. The molecular formula is C31H24N2. The summed E-state index contributed by atoms with van der Waals surface area (Å²) in [6, 6.07) is 35.5. The van der Waals surface area contributed by atoms with Gasteiger partial charge in [0.05, 0.1) is 11.6 Å². The van der Waals surface area contributed by atoms with E-state index in [0.29, 0.717) is 0 Å². The Morgan fingerprint density at radius 1 is 0.636 bits per heavy atom. The lowest BCUT2D eigenvalue weighted by Gasteiger charge is -2.19. The smallest absolute Gasteiger partial charge is 0.0567 e. The molecule has 0 saturated heterocycles. The highest BCUT2D eigenvalue weighted by atomic mass is 15.0. The van der Waals surface area contributed by atoms with Crippen molar-refractivity contribution in [2.45, 2.75) is 19.4 Å². The van der Waals surface area contributed by atoms with Crippen LogP contribution >= 0.6 is 0 Å². The van der Waals surface area contributed by atoms with Crippen molar-refractivity contribution in [1.29, 1.82) is 0 Å². The van der Waals surface area contributed by atoms with Crippen molar-refractivity contribution in [3.8, 4) is 5.69 Å². The van der Waals surface area contributed by atoms with E-state index in [-0.39, 0.29) is 6.04 Å². The Hall–Kier alpha value is -4.04. The van der Waals surface area contributed by atoms with Crippen LogP contribution in [-0.4, -0.2) is 9.13 Å². The van der Waals surface area contributed by atoms with Gasteiger partial charge >= 0.3 is 0 Å². The Morgan fingerprint density at radius 3 is 1.88 bits per heavy atom. The van der Waals surface area contributed by atoms with E-state index in [1.165, 1.54) is 54.5 Å². The Morgan fingerprint density at radius 2 is 1.21 bits per heavy atom. The van der Waals surface area contributed by atoms with Gasteiger partial charge in [-0.1, -0.05) is 84.4 Å². The standard InChI is InChI=1S/C31H24N2/c1-21-14-16-22(17-15-21)32-30-13-7-4-10-26(30)27-20-23(18-19-31(27)32)33-28-11-5-2-8-24(28)25-9-3-6-12-29(25)33/h2-17,19-20,23H,18H2,1H3. The van der Waals surface area contributed by atoms with Crippen molar-refractivity contribution in [1.82, 2.24) is 9.13 Å². The summed E-state index contributed by atoms with van der Waals surface area (Å²) in [6.07, 6.45) is 5.89. The molecule has 4 aromatic carbocycles. The van der Waals surface area contributed by atoms with Gasteiger partial charge in [-0.2, -0.15) is 0 Å². The Balaban J connectivity index is 1.53. The van der Waals surface area contributed by atoms with E-state index >= 15 is 0 Å². The monoisotopic (exact) mass is 424 g/mol. The highest BCUT2D eigenvalue weighted by Crippen LogP contribution is 2.34. The van der Waals surface area contributed by atoms with Crippen LogP contribution in [0, 0.1) is 6.92 Å². The van der Waals surface area contributed by atoms with Gasteiger partial charge in [-0.15, -0.1) is 0 Å². The number of fused-ring (bicyclic) bond motifs is 6. The van der Waals surface area contributed by atoms with Gasteiger partial charge in [0.2, 0.25) is 0 Å². The number of benzene rings is 4. The zero-order valence-electron chi connectivity index (χ0n) is 18.6. The molecule has 1 aliphatic rings. The van der Waals surface area contributed by atoms with Crippen molar-refractivity contribution in [3.05, 3.63) is 113 Å². The molecule has 6 aromatic rings. The third-order valence-corrected chi connectivity index (χ3v) is 7.10. The molecular weight excluding hydrogens is 400 g/mol. The molecule has 0 saturated carbocycles. The molecule has 2 nitrogen and oxygen atoms in total. The highest BCUT2D eigenvalue weighted by Gasteiger charge is 2.20. The maximum atomic E-state index is 2.53. The van der Waals surface area contributed by atoms with Crippen LogP contribution in [-0.2, 0) is 0 Å². The van der Waals surface area contributed by atoms with Crippen LogP contribution in [0.3, 0.4) is 0 Å². The van der Waals surface area contributed by atoms with Crippen molar-refractivity contribution in [2.24, 2.45) is 0 Å². The molecule has 7 rings (SSSR count). The van der Waals surface area contributed by atoms with Crippen molar-refractivity contribution in [3.63, 3.8) is 0 Å². The van der Waals surface area contributed by atoms with E-state index in [9.17, 15) is 0 Å². The van der Waals surface area contributed by atoms with E-state index in [2.05, 4.69) is 125 Å². The third-order valence-electron chi connectivity index (χ3n) is 7.10. The van der Waals surface area contributed by atoms with Crippen LogP contribution in [0.2, 0.25) is 0 Å². The fraction of sp³-hybridized carbons (Fsp3) is 0.0968. The van der Waals surface area contributed by atoms with Gasteiger partial charge in [-0.05, 0) is 43.7 Å². The van der Waals surface area contributed by atoms with Crippen molar-refractivity contribution < 1.29 is 0 Å². The molecule has 0 fully saturated rings. The van der Waals surface area contributed by atoms with Crippen LogP contribution < -0.4 is 10.6 Å². The summed E-state index contributed by atoms with van der Waals surface area (Å²) >= 11 is 0. The first kappa shape index (κ1) is 18.5. The van der Waals surface area contributed by atoms with E-state index in [1.807, 2.05) is 0 Å². The fourth-order valence-corrected chi connectivity index (χ4v) is 5.62. The first-order valence-electron chi connectivity index (χ1n) is 11.7. The van der Waals surface area contributed by atoms with Gasteiger partial charge in [0, 0.05) is 43.4 Å². The summed E-state index contributed by atoms with van der Waals surface area (Å²) in [5, 5.41) is 6.61. The lowest BCUT2D eigenvalue weighted by atomic mass is 10.1. The topological polar surface area (TPSA) is 9.86 Å². The Kier molecular flexibility index (Phi) is 3.92. The molecule has 158 valence electrons. The van der Waals surface area contributed by atoms with Gasteiger partial charge in [-0.3, -0.25) is 0 Å². The minimum atomic E-state index is 0.277. The van der Waals surface area contributed by atoms with Crippen LogP contribution in [0.25, 0.3) is 50.5 Å². The molecule has 1 atom stereocenters. The number of aryl methyl sites for hydroxylation is 1. The lowest BCUT2D eigenvalue weighted by molar-refractivity contribution is 0.692. The number of hydrogen-bond donors (Lipinski definition) is 0. The molecule has 1 aliphatic carbocycles. The largest absolute Gasteiger partial charge is 0.333 e. The van der Waals surface area contributed by atoms with Gasteiger partial charge in [0.15, 0.2) is 0 Å². The minimum absolute atomic E-state index is 0.277. The molecule has 0 spiro atoms. The normalized spacial score (nSPS) is 15.5. The van der Waals surface area contributed by atoms with Crippen LogP contribution in [0.4, 0.5) is 0 Å². The predicted molar refractivity (Wildman–Crippen MR) is 139 cm³/mol. The van der Waals surface area contributed by atoms with Crippen LogP contribution in [0.5, 0.6) is 0 Å². The minimum Gasteiger partial charge on any atom is -0.333 e. The average Bonchev–Trinajstić information content (AvgIpc) is 3.37. The maximum Gasteiger partial charge on any atom is 0.0567 e. The molecule has 33 heavy (non-hydrogen) atoms. The zero-order valence-corrected chi connectivity index (χ0v) is 18.6. The first-order valence-corrected chi connectivity index (χ1v) is 11.7. The van der Waals surface area contributed by atoms with Crippen molar-refractivity contribution >= 4 is 44.9 Å².